The van der Waals surface area contributed by atoms with Crippen molar-refractivity contribution in [1.29, 1.82) is 0 Å². The molecule has 1 saturated heterocycles. The van der Waals surface area contributed by atoms with Crippen LogP contribution in [0.15, 0.2) is 18.2 Å². The lowest BCUT2D eigenvalue weighted by molar-refractivity contribution is 0.0885. The molecule has 1 heterocycles. The molecule has 0 bridgehead atoms. The van der Waals surface area contributed by atoms with Crippen molar-refractivity contribution >= 4 is 17.5 Å². The van der Waals surface area contributed by atoms with Crippen LogP contribution in [0.1, 0.15) is 30.1 Å². The van der Waals surface area contributed by atoms with Crippen LogP contribution in [0.25, 0.3) is 0 Å². The Hall–Kier alpha value is -1.26. The largest absolute Gasteiger partial charge is 0.507 e. The third-order valence-electron chi connectivity index (χ3n) is 3.33. The highest BCUT2D eigenvalue weighted by atomic mass is 35.5. The van der Waals surface area contributed by atoms with Gasteiger partial charge in [0.15, 0.2) is 0 Å². The highest BCUT2D eigenvalue weighted by Gasteiger charge is 2.29. The first-order valence-corrected chi connectivity index (χ1v) is 6.40. The van der Waals surface area contributed by atoms with Crippen LogP contribution in [-0.2, 0) is 0 Å². The van der Waals surface area contributed by atoms with Gasteiger partial charge in [-0.05, 0) is 51.1 Å². The molecule has 1 fully saturated rings. The van der Waals surface area contributed by atoms with Gasteiger partial charge < -0.3 is 15.7 Å². The fraction of sp³-hybridized carbons (Fsp3) is 0.462. The average molecular weight is 269 g/mol. The predicted octanol–water partition coefficient (Wildman–Crippen LogP) is 1.92. The average Bonchev–Trinajstić information content (AvgIpc) is 2.28. The minimum Gasteiger partial charge on any atom is -0.507 e. The van der Waals surface area contributed by atoms with E-state index in [0.29, 0.717) is 5.02 Å². The molecular formula is C13H17ClN2O2. The Labute approximate surface area is 111 Å². The second-order valence-corrected chi connectivity index (χ2v) is 5.36. The van der Waals surface area contributed by atoms with Crippen molar-refractivity contribution in [2.45, 2.75) is 25.3 Å². The number of halogens is 1. The van der Waals surface area contributed by atoms with E-state index in [4.69, 9.17) is 11.6 Å². The second kappa shape index (κ2) is 5.16. The summed E-state index contributed by atoms with van der Waals surface area (Å²) in [4.78, 5) is 12.1. The summed E-state index contributed by atoms with van der Waals surface area (Å²) in [6, 6.07) is 4.51. The number of amides is 1. The van der Waals surface area contributed by atoms with Crippen LogP contribution in [0.2, 0.25) is 5.02 Å². The number of phenols is 1. The van der Waals surface area contributed by atoms with Crippen LogP contribution in [-0.4, -0.2) is 29.6 Å². The number of rotatable bonds is 2. The van der Waals surface area contributed by atoms with Gasteiger partial charge in [-0.1, -0.05) is 11.6 Å². The maximum absolute atomic E-state index is 12.1. The summed E-state index contributed by atoms with van der Waals surface area (Å²) in [5, 5.41) is 16.4. The van der Waals surface area contributed by atoms with E-state index in [1.54, 1.807) is 6.07 Å². The monoisotopic (exact) mass is 268 g/mol. The molecule has 0 radical (unpaired) electrons. The van der Waals surface area contributed by atoms with Gasteiger partial charge in [0.1, 0.15) is 5.75 Å². The Morgan fingerprint density at radius 3 is 2.72 bits per heavy atom. The maximum Gasteiger partial charge on any atom is 0.255 e. The predicted molar refractivity (Wildman–Crippen MR) is 71.1 cm³/mol. The molecule has 1 amide bonds. The molecule has 0 unspecified atom stereocenters. The topological polar surface area (TPSA) is 61.4 Å². The fourth-order valence-electron chi connectivity index (χ4n) is 2.14. The van der Waals surface area contributed by atoms with Gasteiger partial charge in [-0.3, -0.25) is 4.79 Å². The number of hydrogen-bond acceptors (Lipinski definition) is 3. The lowest BCUT2D eigenvalue weighted by Gasteiger charge is -2.35. The lowest BCUT2D eigenvalue weighted by Crippen LogP contribution is -2.52. The zero-order valence-electron chi connectivity index (χ0n) is 10.3. The summed E-state index contributed by atoms with van der Waals surface area (Å²) in [6.45, 7) is 3.81. The van der Waals surface area contributed by atoms with Gasteiger partial charge in [-0.2, -0.15) is 0 Å². The third-order valence-corrected chi connectivity index (χ3v) is 3.56. The first kappa shape index (κ1) is 13.2. The minimum atomic E-state index is -0.256. The Balaban J connectivity index is 2.11. The molecule has 98 valence electrons. The van der Waals surface area contributed by atoms with Gasteiger partial charge in [0, 0.05) is 10.6 Å². The molecular weight excluding hydrogens is 252 g/mol. The van der Waals surface area contributed by atoms with Crippen LogP contribution in [0.3, 0.4) is 0 Å². The second-order valence-electron chi connectivity index (χ2n) is 4.93. The van der Waals surface area contributed by atoms with E-state index in [0.717, 1.165) is 25.9 Å². The standard InChI is InChI=1S/C13H17ClN2O2/c1-13(4-6-15-7-5-13)16-12(18)10-3-2-9(14)8-11(10)17/h2-3,8,15,17H,4-7H2,1H3,(H,16,18). The highest BCUT2D eigenvalue weighted by Crippen LogP contribution is 2.24. The number of benzene rings is 1. The third kappa shape index (κ3) is 2.94. The van der Waals surface area contributed by atoms with Gasteiger partial charge in [-0.15, -0.1) is 0 Å². The van der Waals surface area contributed by atoms with Crippen molar-refractivity contribution in [1.82, 2.24) is 10.6 Å². The Kier molecular flexibility index (Phi) is 3.78. The SMILES string of the molecule is CC1(NC(=O)c2ccc(Cl)cc2O)CCNCC1. The Morgan fingerprint density at radius 2 is 2.11 bits per heavy atom. The summed E-state index contributed by atoms with van der Waals surface area (Å²) in [6.07, 6.45) is 1.76. The van der Waals surface area contributed by atoms with Crippen LogP contribution >= 0.6 is 11.6 Å². The molecule has 5 heteroatoms. The van der Waals surface area contributed by atoms with Gasteiger partial charge in [0.25, 0.3) is 5.91 Å². The van der Waals surface area contributed by atoms with Gasteiger partial charge in [0.05, 0.1) is 5.56 Å². The smallest absolute Gasteiger partial charge is 0.255 e. The molecule has 3 N–H and O–H groups in total. The number of aromatic hydroxyl groups is 1. The Bertz CT molecular complexity index is 456. The van der Waals surface area contributed by atoms with E-state index in [1.165, 1.54) is 12.1 Å². The van der Waals surface area contributed by atoms with Crippen LogP contribution in [0, 0.1) is 0 Å². The van der Waals surface area contributed by atoms with E-state index >= 15 is 0 Å². The minimum absolute atomic E-state index is 0.0856. The summed E-state index contributed by atoms with van der Waals surface area (Å²) < 4.78 is 0. The van der Waals surface area contributed by atoms with Crippen LogP contribution in [0.5, 0.6) is 5.75 Å². The number of piperidine rings is 1. The molecule has 0 aliphatic carbocycles. The molecule has 0 spiro atoms. The Morgan fingerprint density at radius 1 is 1.44 bits per heavy atom. The van der Waals surface area contributed by atoms with E-state index < -0.39 is 0 Å². The zero-order valence-corrected chi connectivity index (χ0v) is 11.0. The van der Waals surface area contributed by atoms with Crippen molar-refractivity contribution < 1.29 is 9.90 Å². The molecule has 1 aromatic carbocycles. The van der Waals surface area contributed by atoms with Crippen molar-refractivity contribution in [3.63, 3.8) is 0 Å². The van der Waals surface area contributed by atoms with E-state index in [2.05, 4.69) is 10.6 Å². The number of carbonyl (C=O) groups excluding carboxylic acids is 1. The number of hydrogen-bond donors (Lipinski definition) is 3. The number of carbonyl (C=O) groups is 1. The zero-order chi connectivity index (χ0) is 13.2. The summed E-state index contributed by atoms with van der Waals surface area (Å²) >= 11 is 5.74. The summed E-state index contributed by atoms with van der Waals surface area (Å²) in [7, 11) is 0. The molecule has 1 aromatic rings. The molecule has 2 rings (SSSR count). The first-order valence-electron chi connectivity index (χ1n) is 6.02. The molecule has 0 saturated carbocycles. The van der Waals surface area contributed by atoms with E-state index in [1.807, 2.05) is 6.92 Å². The number of nitrogens with one attached hydrogen (secondary N) is 2. The fourth-order valence-corrected chi connectivity index (χ4v) is 2.31. The highest BCUT2D eigenvalue weighted by molar-refractivity contribution is 6.30. The van der Waals surface area contributed by atoms with Crippen molar-refractivity contribution in [2.24, 2.45) is 0 Å². The van der Waals surface area contributed by atoms with Crippen LogP contribution < -0.4 is 10.6 Å². The molecule has 1 aliphatic heterocycles. The van der Waals surface area contributed by atoms with Crippen LogP contribution in [0.4, 0.5) is 0 Å². The molecule has 18 heavy (non-hydrogen) atoms. The normalized spacial score (nSPS) is 18.3. The summed E-state index contributed by atoms with van der Waals surface area (Å²) in [5.74, 6) is -0.342. The van der Waals surface area contributed by atoms with E-state index in [9.17, 15) is 9.90 Å². The number of phenolic OH excluding ortho intramolecular Hbond substituents is 1. The van der Waals surface area contributed by atoms with Crippen molar-refractivity contribution in [3.05, 3.63) is 28.8 Å². The molecule has 1 aliphatic rings. The van der Waals surface area contributed by atoms with E-state index in [-0.39, 0.29) is 22.8 Å². The quantitative estimate of drug-likeness (QED) is 0.768. The molecule has 0 atom stereocenters. The lowest BCUT2D eigenvalue weighted by atomic mass is 9.90. The molecule has 0 aromatic heterocycles. The van der Waals surface area contributed by atoms with Gasteiger partial charge in [0.2, 0.25) is 0 Å². The maximum atomic E-state index is 12.1. The molecule has 4 nitrogen and oxygen atoms in total. The van der Waals surface area contributed by atoms with Gasteiger partial charge >= 0.3 is 0 Å². The first-order chi connectivity index (χ1) is 8.50. The summed E-state index contributed by atoms with van der Waals surface area (Å²) in [5.41, 5.74) is 0.0492. The van der Waals surface area contributed by atoms with Crippen molar-refractivity contribution in [3.8, 4) is 5.75 Å². The van der Waals surface area contributed by atoms with Gasteiger partial charge in [-0.25, -0.2) is 0 Å². The van der Waals surface area contributed by atoms with Crippen molar-refractivity contribution in [2.75, 3.05) is 13.1 Å².